The molecule has 0 aromatic heterocycles. The highest BCUT2D eigenvalue weighted by atomic mass is 16.7. The van der Waals surface area contributed by atoms with Crippen molar-refractivity contribution in [2.75, 3.05) is 34.7 Å². The van der Waals surface area contributed by atoms with Gasteiger partial charge in [0.25, 0.3) is 0 Å². The first-order valence-electron chi connectivity index (χ1n) is 9.23. The van der Waals surface area contributed by atoms with Gasteiger partial charge in [-0.15, -0.1) is 0 Å². The highest BCUT2D eigenvalue weighted by molar-refractivity contribution is 5.97. The molecule has 2 N–H and O–H groups in total. The Bertz CT molecular complexity index is 888. The smallest absolute Gasteiger partial charge is 0.231 e. The maximum atomic E-state index is 13.1. The molecular formula is C21H24NO6+. The van der Waals surface area contributed by atoms with Crippen molar-refractivity contribution in [3.05, 3.63) is 41.0 Å². The molecule has 2 aliphatic heterocycles. The molecule has 148 valence electrons. The average molecular weight is 386 g/mol. The van der Waals surface area contributed by atoms with Crippen molar-refractivity contribution in [3.63, 3.8) is 0 Å². The van der Waals surface area contributed by atoms with Crippen LogP contribution in [0.25, 0.3) is 0 Å². The minimum absolute atomic E-state index is 0.0195. The van der Waals surface area contributed by atoms with Gasteiger partial charge in [0.05, 0.1) is 39.9 Å². The Balaban J connectivity index is 1.67. The molecule has 0 saturated carbocycles. The molecule has 0 spiro atoms. The number of fused-ring (bicyclic) bond motifs is 2. The van der Waals surface area contributed by atoms with Crippen LogP contribution in [0.3, 0.4) is 0 Å². The Kier molecular flexibility index (Phi) is 5.00. The van der Waals surface area contributed by atoms with E-state index < -0.39 is 0 Å². The van der Waals surface area contributed by atoms with Crippen LogP contribution in [0.2, 0.25) is 0 Å². The summed E-state index contributed by atoms with van der Waals surface area (Å²) in [7, 11) is 4.77. The molecule has 0 radical (unpaired) electrons. The van der Waals surface area contributed by atoms with Crippen LogP contribution in [0.15, 0.2) is 24.3 Å². The SMILES string of the molecule is COc1cc(OC)cc(C(=O)CC2[NH2+]CCc3cc4c(c(OC)c32)OCO4)c1. The second-order valence-electron chi connectivity index (χ2n) is 6.83. The highest BCUT2D eigenvalue weighted by Crippen LogP contribution is 2.47. The lowest BCUT2D eigenvalue weighted by molar-refractivity contribution is -0.698. The molecule has 0 bridgehead atoms. The van der Waals surface area contributed by atoms with E-state index in [9.17, 15) is 4.79 Å². The van der Waals surface area contributed by atoms with Gasteiger partial charge in [0.15, 0.2) is 17.3 Å². The predicted octanol–water partition coefficient (Wildman–Crippen LogP) is 1.87. The minimum Gasteiger partial charge on any atom is -0.497 e. The molecule has 1 unspecified atom stereocenters. The van der Waals surface area contributed by atoms with Crippen LogP contribution >= 0.6 is 0 Å². The molecule has 7 nitrogen and oxygen atoms in total. The van der Waals surface area contributed by atoms with Crippen molar-refractivity contribution in [2.45, 2.75) is 18.9 Å². The third-order valence-corrected chi connectivity index (χ3v) is 5.26. The molecule has 2 aliphatic rings. The zero-order valence-electron chi connectivity index (χ0n) is 16.2. The number of Topliss-reactive ketones (excluding diaryl/α,β-unsaturated/α-hetero) is 1. The van der Waals surface area contributed by atoms with Crippen molar-refractivity contribution in [3.8, 4) is 28.7 Å². The molecule has 2 aromatic carbocycles. The van der Waals surface area contributed by atoms with Gasteiger partial charge in [-0.2, -0.15) is 0 Å². The van der Waals surface area contributed by atoms with E-state index in [4.69, 9.17) is 23.7 Å². The summed E-state index contributed by atoms with van der Waals surface area (Å²) in [5.74, 6) is 3.21. The molecule has 2 heterocycles. The molecule has 4 rings (SSSR count). The number of carbonyl (C=O) groups excluding carboxylic acids is 1. The van der Waals surface area contributed by atoms with Gasteiger partial charge in [0.1, 0.15) is 17.5 Å². The van der Waals surface area contributed by atoms with E-state index in [-0.39, 0.29) is 18.6 Å². The van der Waals surface area contributed by atoms with Gasteiger partial charge >= 0.3 is 0 Å². The number of methoxy groups -OCH3 is 3. The van der Waals surface area contributed by atoms with Crippen LogP contribution < -0.4 is 29.0 Å². The van der Waals surface area contributed by atoms with E-state index in [0.717, 1.165) is 24.1 Å². The van der Waals surface area contributed by atoms with E-state index in [1.165, 1.54) is 0 Å². The lowest BCUT2D eigenvalue weighted by Gasteiger charge is -2.26. The number of quaternary nitrogens is 1. The fourth-order valence-corrected chi connectivity index (χ4v) is 3.92. The first-order chi connectivity index (χ1) is 13.6. The van der Waals surface area contributed by atoms with E-state index >= 15 is 0 Å². The van der Waals surface area contributed by atoms with Crippen LogP contribution in [0.4, 0.5) is 0 Å². The molecule has 0 fully saturated rings. The third-order valence-electron chi connectivity index (χ3n) is 5.26. The summed E-state index contributed by atoms with van der Waals surface area (Å²) in [6.45, 7) is 1.08. The maximum absolute atomic E-state index is 13.1. The van der Waals surface area contributed by atoms with Crippen LogP contribution in [0.5, 0.6) is 28.7 Å². The fraction of sp³-hybridized carbons (Fsp3) is 0.381. The zero-order chi connectivity index (χ0) is 19.7. The summed E-state index contributed by atoms with van der Waals surface area (Å²) in [4.78, 5) is 13.1. The fourth-order valence-electron chi connectivity index (χ4n) is 3.92. The largest absolute Gasteiger partial charge is 0.497 e. The molecule has 0 saturated heterocycles. The quantitative estimate of drug-likeness (QED) is 0.764. The van der Waals surface area contributed by atoms with Crippen LogP contribution in [0, 0.1) is 0 Å². The summed E-state index contributed by atoms with van der Waals surface area (Å²) in [5.41, 5.74) is 2.72. The van der Waals surface area contributed by atoms with Gasteiger partial charge in [-0.3, -0.25) is 4.79 Å². The van der Waals surface area contributed by atoms with Gasteiger partial charge in [-0.05, 0) is 23.8 Å². The van der Waals surface area contributed by atoms with Crippen molar-refractivity contribution < 1.29 is 33.8 Å². The summed E-state index contributed by atoms with van der Waals surface area (Å²) in [5, 5.41) is 2.18. The van der Waals surface area contributed by atoms with Gasteiger partial charge in [0, 0.05) is 18.1 Å². The number of ketones is 1. The summed E-state index contributed by atoms with van der Waals surface area (Å²) in [6, 6.07) is 7.19. The summed E-state index contributed by atoms with van der Waals surface area (Å²) in [6.07, 6.45) is 1.22. The lowest BCUT2D eigenvalue weighted by atomic mass is 9.88. The number of rotatable bonds is 6. The predicted molar refractivity (Wildman–Crippen MR) is 101 cm³/mol. The van der Waals surface area contributed by atoms with Gasteiger partial charge in [0.2, 0.25) is 12.5 Å². The average Bonchev–Trinajstić information content (AvgIpc) is 3.20. The minimum atomic E-state index is -0.0575. The Morgan fingerprint density at radius 1 is 1.07 bits per heavy atom. The van der Waals surface area contributed by atoms with Crippen LogP contribution in [-0.4, -0.2) is 40.5 Å². The number of hydrogen-bond donors (Lipinski definition) is 1. The first-order valence-corrected chi connectivity index (χ1v) is 9.23. The van der Waals surface area contributed by atoms with Crippen molar-refractivity contribution in [2.24, 2.45) is 0 Å². The monoisotopic (exact) mass is 386 g/mol. The number of benzene rings is 2. The summed E-state index contributed by atoms with van der Waals surface area (Å²) >= 11 is 0. The van der Waals surface area contributed by atoms with Crippen molar-refractivity contribution in [1.29, 1.82) is 0 Å². The van der Waals surface area contributed by atoms with Crippen molar-refractivity contribution >= 4 is 5.78 Å². The summed E-state index contributed by atoms with van der Waals surface area (Å²) < 4.78 is 27.4. The molecule has 0 amide bonds. The van der Waals surface area contributed by atoms with Crippen molar-refractivity contribution in [1.82, 2.24) is 0 Å². The molecule has 28 heavy (non-hydrogen) atoms. The van der Waals surface area contributed by atoms with Gasteiger partial charge in [-0.1, -0.05) is 0 Å². The first kappa shape index (κ1) is 18.4. The number of carbonyl (C=O) groups is 1. The molecular weight excluding hydrogens is 362 g/mol. The highest BCUT2D eigenvalue weighted by Gasteiger charge is 2.35. The normalized spacial score (nSPS) is 17.0. The second-order valence-corrected chi connectivity index (χ2v) is 6.83. The lowest BCUT2D eigenvalue weighted by Crippen LogP contribution is -2.87. The third kappa shape index (κ3) is 3.22. The van der Waals surface area contributed by atoms with Crippen LogP contribution in [-0.2, 0) is 6.42 Å². The van der Waals surface area contributed by atoms with E-state index in [0.29, 0.717) is 40.7 Å². The number of ether oxygens (including phenoxy) is 5. The Labute approximate surface area is 163 Å². The van der Waals surface area contributed by atoms with E-state index in [1.54, 1.807) is 39.5 Å². The molecule has 0 aliphatic carbocycles. The molecule has 7 heteroatoms. The Hall–Kier alpha value is -2.93. The Morgan fingerprint density at radius 3 is 2.50 bits per heavy atom. The van der Waals surface area contributed by atoms with E-state index in [2.05, 4.69) is 5.32 Å². The zero-order valence-corrected chi connectivity index (χ0v) is 16.2. The molecule has 2 aromatic rings. The van der Waals surface area contributed by atoms with E-state index in [1.807, 2.05) is 6.07 Å². The second kappa shape index (κ2) is 7.59. The Morgan fingerprint density at radius 2 is 1.82 bits per heavy atom. The maximum Gasteiger partial charge on any atom is 0.231 e. The topological polar surface area (TPSA) is 79.8 Å². The molecule has 1 atom stereocenters. The standard InChI is InChI=1S/C21H23NO6/c1-24-14-6-13(7-15(9-14)25-2)17(23)10-16-19-12(4-5-22-16)8-18-20(21(19)26-3)28-11-27-18/h6-9,16,22H,4-5,10-11H2,1-3H3/p+1. The number of nitrogens with two attached hydrogens (primary N) is 1. The number of hydrogen-bond acceptors (Lipinski definition) is 6. The van der Waals surface area contributed by atoms with Crippen LogP contribution in [0.1, 0.15) is 33.9 Å². The van der Waals surface area contributed by atoms with Gasteiger partial charge < -0.3 is 29.0 Å². The van der Waals surface area contributed by atoms with Gasteiger partial charge in [-0.25, -0.2) is 0 Å².